The van der Waals surface area contributed by atoms with Crippen LogP contribution in [-0.2, 0) is 5.41 Å². The van der Waals surface area contributed by atoms with E-state index in [1.54, 1.807) is 11.3 Å². The molecule has 0 saturated heterocycles. The van der Waals surface area contributed by atoms with Crippen molar-refractivity contribution in [2.45, 2.75) is 139 Å². The average Bonchev–Trinajstić information content (AvgIpc) is 4.08. The molecule has 0 saturated carbocycles. The van der Waals surface area contributed by atoms with Gasteiger partial charge in [-0.1, -0.05) is 94.9 Å². The first kappa shape index (κ1) is 44.7. The van der Waals surface area contributed by atoms with Gasteiger partial charge in [-0.3, -0.25) is 9.59 Å². The van der Waals surface area contributed by atoms with Gasteiger partial charge in [0.1, 0.15) is 0 Å². The molecule has 320 valence electrons. The molecule has 0 radical (unpaired) electrons. The third kappa shape index (κ3) is 8.69. The molecule has 8 heteroatoms. The molecule has 0 bridgehead atoms. The van der Waals surface area contributed by atoms with Crippen molar-refractivity contribution in [3.63, 3.8) is 0 Å². The van der Waals surface area contributed by atoms with Crippen molar-refractivity contribution in [1.29, 1.82) is 0 Å². The summed E-state index contributed by atoms with van der Waals surface area (Å²) in [7, 11) is 0. The molecular formula is C52H66N2O2S4. The Hall–Kier alpha value is -3.30. The summed E-state index contributed by atoms with van der Waals surface area (Å²) in [5.41, 5.74) is 3.67. The molecular weight excluding hydrogens is 813 g/mol. The van der Waals surface area contributed by atoms with Gasteiger partial charge in [-0.2, -0.15) is 0 Å². The molecule has 5 aromatic rings. The van der Waals surface area contributed by atoms with Gasteiger partial charge in [0.05, 0.1) is 10.6 Å². The molecule has 0 spiro atoms. The maximum atomic E-state index is 14.6. The molecule has 0 N–H and O–H groups in total. The molecule has 0 fully saturated rings. The zero-order valence-electron chi connectivity index (χ0n) is 37.8. The zero-order chi connectivity index (χ0) is 42.9. The lowest BCUT2D eigenvalue weighted by molar-refractivity contribution is 0.0816. The van der Waals surface area contributed by atoms with E-state index >= 15 is 0 Å². The molecule has 6 heterocycles. The maximum Gasteiger partial charge on any atom is 0.259 e. The highest BCUT2D eigenvalue weighted by Crippen LogP contribution is 2.47. The Labute approximate surface area is 376 Å². The van der Waals surface area contributed by atoms with Crippen LogP contribution in [0.2, 0.25) is 0 Å². The molecule has 4 aromatic heterocycles. The minimum atomic E-state index is -0.154. The number of hydrogen-bond donors (Lipinski definition) is 0. The van der Waals surface area contributed by atoms with E-state index in [4.69, 9.17) is 0 Å². The second-order valence-corrected chi connectivity index (χ2v) is 23.0. The number of carbonyl (C=O) groups excluding carboxylic acids is 2. The standard InChI is InChI=1S/C52H66N2O2S4/c1-11-15-28-51(9,14-4)48-36-32-37-35(31-38(36)50(56)54(48)30-25-34(7)8)47(53(49(37)55)29-24-33(5)6)45-21-20-42(59-45)41-17-16-39(57-41)40-18-19-43(58-40)44-22-23-46(60-44)52(10,26-12-2)27-13-3/h16-23,31-34H,11-15,24-30H2,1-10H3. The SMILES string of the molecule is CCCCC(C)(CC)C1=c2cc3c(cc2C(=O)N1CCC(C)C)=C(c1ccc(-c2ccc(-c4ccc(-c5ccc(C(C)(CCC)CCC)s5)s4)s2)s1)N(CCC(C)C)C3=O. The van der Waals surface area contributed by atoms with E-state index in [0.29, 0.717) is 24.9 Å². The molecule has 4 nitrogen and oxygen atoms in total. The lowest BCUT2D eigenvalue weighted by Gasteiger charge is -2.36. The normalized spacial score (nSPS) is 15.3. The maximum absolute atomic E-state index is 14.6. The Balaban J connectivity index is 1.25. The molecule has 2 aliphatic rings. The zero-order valence-corrected chi connectivity index (χ0v) is 41.0. The predicted octanol–water partition coefficient (Wildman–Crippen LogP) is 14.7. The highest BCUT2D eigenvalue weighted by atomic mass is 32.1. The van der Waals surface area contributed by atoms with E-state index in [9.17, 15) is 9.59 Å². The summed E-state index contributed by atoms with van der Waals surface area (Å²) in [6.07, 6.45) is 10.9. The number of nitrogens with zero attached hydrogens (tertiary/aromatic N) is 2. The van der Waals surface area contributed by atoms with Gasteiger partial charge >= 0.3 is 0 Å². The summed E-state index contributed by atoms with van der Waals surface area (Å²) in [5.74, 6) is 1.09. The van der Waals surface area contributed by atoms with E-state index in [0.717, 1.165) is 76.4 Å². The summed E-state index contributed by atoms with van der Waals surface area (Å²) >= 11 is 7.46. The van der Waals surface area contributed by atoms with Crippen LogP contribution in [-0.4, -0.2) is 34.7 Å². The van der Waals surface area contributed by atoms with Crippen LogP contribution in [0.5, 0.6) is 0 Å². The van der Waals surface area contributed by atoms with Crippen LogP contribution < -0.4 is 10.4 Å². The van der Waals surface area contributed by atoms with Crippen LogP contribution in [0.15, 0.2) is 60.7 Å². The van der Waals surface area contributed by atoms with Gasteiger partial charge in [-0.15, -0.1) is 45.3 Å². The van der Waals surface area contributed by atoms with Crippen LogP contribution in [0, 0.1) is 17.3 Å². The molecule has 1 atom stereocenters. The van der Waals surface area contributed by atoms with E-state index in [2.05, 4.69) is 135 Å². The molecule has 7 rings (SSSR count). The van der Waals surface area contributed by atoms with Gasteiger partial charge in [-0.25, -0.2) is 0 Å². The van der Waals surface area contributed by atoms with Gasteiger partial charge < -0.3 is 9.80 Å². The van der Waals surface area contributed by atoms with Crippen LogP contribution in [0.4, 0.5) is 0 Å². The van der Waals surface area contributed by atoms with Crippen LogP contribution in [0.1, 0.15) is 164 Å². The number of benzene rings is 1. The Morgan fingerprint density at radius 2 is 0.983 bits per heavy atom. The minimum absolute atomic E-state index is 0.0581. The van der Waals surface area contributed by atoms with Crippen LogP contribution in [0.25, 0.3) is 40.7 Å². The first-order chi connectivity index (χ1) is 28.7. The Bertz CT molecular complexity index is 2450. The lowest BCUT2D eigenvalue weighted by atomic mass is 9.78. The number of carbonyl (C=O) groups is 2. The molecule has 1 unspecified atom stereocenters. The van der Waals surface area contributed by atoms with E-state index < -0.39 is 0 Å². The fraction of sp³-hybridized carbons (Fsp3) is 0.500. The third-order valence-corrected chi connectivity index (χ3v) is 18.3. The molecule has 2 amide bonds. The highest BCUT2D eigenvalue weighted by Gasteiger charge is 2.41. The molecule has 0 aliphatic carbocycles. The number of unbranched alkanes of at least 4 members (excludes halogenated alkanes) is 1. The molecule has 1 aromatic carbocycles. The van der Waals surface area contributed by atoms with Crippen molar-refractivity contribution in [2.24, 2.45) is 17.3 Å². The van der Waals surface area contributed by atoms with Gasteiger partial charge in [0.25, 0.3) is 11.8 Å². The number of rotatable bonds is 20. The van der Waals surface area contributed by atoms with Crippen LogP contribution in [0.3, 0.4) is 0 Å². The number of hydrogen-bond acceptors (Lipinski definition) is 6. The first-order valence-electron chi connectivity index (χ1n) is 22.7. The second-order valence-electron chi connectivity index (χ2n) is 18.7. The van der Waals surface area contributed by atoms with Crippen LogP contribution >= 0.6 is 45.3 Å². The summed E-state index contributed by atoms with van der Waals surface area (Å²) in [5, 5.41) is 1.88. The Kier molecular flexibility index (Phi) is 13.9. The van der Waals surface area contributed by atoms with Crippen molar-refractivity contribution in [3.05, 3.63) is 92.0 Å². The number of amides is 2. The second kappa shape index (κ2) is 18.6. The summed E-state index contributed by atoms with van der Waals surface area (Å²) < 4.78 is 0. The topological polar surface area (TPSA) is 40.6 Å². The molecule has 60 heavy (non-hydrogen) atoms. The average molecular weight is 879 g/mol. The minimum Gasteiger partial charge on any atom is -0.311 e. The van der Waals surface area contributed by atoms with Gasteiger partial charge in [-0.05, 0) is 111 Å². The third-order valence-electron chi connectivity index (χ3n) is 13.0. The summed E-state index contributed by atoms with van der Waals surface area (Å²) in [6, 6.07) is 22.4. The van der Waals surface area contributed by atoms with Gasteiger partial charge in [0.15, 0.2) is 0 Å². The number of thiophene rings is 4. The smallest absolute Gasteiger partial charge is 0.259 e. The largest absolute Gasteiger partial charge is 0.311 e. The quantitative estimate of drug-likeness (QED) is 0.0781. The summed E-state index contributed by atoms with van der Waals surface area (Å²) in [6.45, 7) is 24.1. The van der Waals surface area contributed by atoms with Gasteiger partial charge in [0.2, 0.25) is 0 Å². The van der Waals surface area contributed by atoms with Crippen molar-refractivity contribution in [3.8, 4) is 29.3 Å². The Morgan fingerprint density at radius 1 is 0.533 bits per heavy atom. The highest BCUT2D eigenvalue weighted by molar-refractivity contribution is 7.28. The van der Waals surface area contributed by atoms with Crippen molar-refractivity contribution < 1.29 is 9.59 Å². The Morgan fingerprint density at radius 3 is 1.50 bits per heavy atom. The van der Waals surface area contributed by atoms with Crippen molar-refractivity contribution in [1.82, 2.24) is 9.80 Å². The summed E-state index contributed by atoms with van der Waals surface area (Å²) in [4.78, 5) is 43.6. The fourth-order valence-corrected chi connectivity index (χ4v) is 13.9. The van der Waals surface area contributed by atoms with E-state index in [-0.39, 0.29) is 22.6 Å². The van der Waals surface area contributed by atoms with E-state index in [1.165, 1.54) is 59.8 Å². The molecule has 2 aliphatic heterocycles. The monoisotopic (exact) mass is 878 g/mol. The predicted molar refractivity (Wildman–Crippen MR) is 262 cm³/mol. The lowest BCUT2D eigenvalue weighted by Crippen LogP contribution is -2.35. The van der Waals surface area contributed by atoms with Gasteiger partial charge in [0, 0.05) is 85.3 Å². The van der Waals surface area contributed by atoms with Crippen molar-refractivity contribution in [2.75, 3.05) is 13.1 Å². The fourth-order valence-electron chi connectivity index (χ4n) is 9.35. The first-order valence-corrected chi connectivity index (χ1v) is 26.0. The van der Waals surface area contributed by atoms with Crippen molar-refractivity contribution >= 4 is 68.6 Å². The van der Waals surface area contributed by atoms with E-state index in [1.807, 2.05) is 38.9 Å². The number of fused-ring (bicyclic) bond motifs is 2.